The standard InChI is InChI=1S/C9H9N3O5S/c13-6-1-4(10-9(17)11-6)7(14)12-3-18-2-5(12)8(15)16/h1,5H,2-3H2,(H,15,16)(H2,10,11,13,17)/t5-/m0/s1. The number of carbonyl (C=O) groups excluding carboxylic acids is 1. The van der Waals surface area contributed by atoms with Crippen LogP contribution in [0.2, 0.25) is 0 Å². The Labute approximate surface area is 104 Å². The number of amides is 1. The van der Waals surface area contributed by atoms with E-state index in [1.165, 1.54) is 11.8 Å². The third kappa shape index (κ3) is 2.30. The molecule has 3 N–H and O–H groups in total. The zero-order valence-corrected chi connectivity index (χ0v) is 9.82. The van der Waals surface area contributed by atoms with Crippen LogP contribution in [0.1, 0.15) is 10.5 Å². The van der Waals surface area contributed by atoms with Crippen LogP contribution in [0.4, 0.5) is 0 Å². The number of aromatic amines is 2. The summed E-state index contributed by atoms with van der Waals surface area (Å²) < 4.78 is 0. The van der Waals surface area contributed by atoms with Gasteiger partial charge < -0.3 is 15.0 Å². The molecule has 0 unspecified atom stereocenters. The fourth-order valence-electron chi connectivity index (χ4n) is 1.59. The fraction of sp³-hybridized carbons (Fsp3) is 0.333. The number of carbonyl (C=O) groups is 2. The van der Waals surface area contributed by atoms with Gasteiger partial charge in [-0.25, -0.2) is 9.59 Å². The summed E-state index contributed by atoms with van der Waals surface area (Å²) in [5.41, 5.74) is -1.72. The molecule has 0 spiro atoms. The molecule has 1 atom stereocenters. The summed E-state index contributed by atoms with van der Waals surface area (Å²) in [5.74, 6) is -1.28. The van der Waals surface area contributed by atoms with Crippen LogP contribution in [0.3, 0.4) is 0 Å². The molecule has 0 aromatic carbocycles. The molecule has 0 radical (unpaired) electrons. The number of nitrogens with zero attached hydrogens (tertiary/aromatic N) is 1. The van der Waals surface area contributed by atoms with Gasteiger partial charge >= 0.3 is 11.7 Å². The number of hydrogen-bond donors (Lipinski definition) is 3. The van der Waals surface area contributed by atoms with Crippen molar-refractivity contribution >= 4 is 23.6 Å². The van der Waals surface area contributed by atoms with Crippen molar-refractivity contribution < 1.29 is 14.7 Å². The first kappa shape index (κ1) is 12.4. The maximum absolute atomic E-state index is 12.0. The summed E-state index contributed by atoms with van der Waals surface area (Å²) in [6.45, 7) is 0. The number of thioether (sulfide) groups is 1. The van der Waals surface area contributed by atoms with Crippen LogP contribution >= 0.6 is 11.8 Å². The number of nitrogens with one attached hydrogen (secondary N) is 2. The zero-order chi connectivity index (χ0) is 13.3. The van der Waals surface area contributed by atoms with Crippen LogP contribution in [0.15, 0.2) is 15.7 Å². The van der Waals surface area contributed by atoms with Crippen LogP contribution in [-0.4, -0.2) is 49.5 Å². The first-order valence-electron chi connectivity index (χ1n) is 4.94. The molecule has 1 aromatic heterocycles. The molecule has 1 fully saturated rings. The molecule has 0 bridgehead atoms. The Morgan fingerprint density at radius 1 is 1.39 bits per heavy atom. The first-order valence-corrected chi connectivity index (χ1v) is 6.09. The van der Waals surface area contributed by atoms with Gasteiger partial charge in [-0.1, -0.05) is 0 Å². The van der Waals surface area contributed by atoms with E-state index >= 15 is 0 Å². The van der Waals surface area contributed by atoms with Crippen molar-refractivity contribution in [3.05, 3.63) is 32.6 Å². The summed E-state index contributed by atoms with van der Waals surface area (Å²) in [7, 11) is 0. The maximum Gasteiger partial charge on any atom is 0.327 e. The summed E-state index contributed by atoms with van der Waals surface area (Å²) in [6.07, 6.45) is 0. The minimum atomic E-state index is -1.11. The Morgan fingerprint density at radius 2 is 2.11 bits per heavy atom. The molecule has 1 aromatic rings. The van der Waals surface area contributed by atoms with E-state index in [4.69, 9.17) is 5.11 Å². The molecule has 1 amide bonds. The molecule has 1 aliphatic rings. The summed E-state index contributed by atoms with van der Waals surface area (Å²) in [5, 5.41) is 8.94. The SMILES string of the molecule is O=C(O)[C@@H]1CSCN1C(=O)c1cc(=O)[nH]c(=O)[nH]1. The molecule has 1 saturated heterocycles. The van der Waals surface area contributed by atoms with Crippen molar-refractivity contribution in [2.45, 2.75) is 6.04 Å². The van der Waals surface area contributed by atoms with Crippen LogP contribution in [0, 0.1) is 0 Å². The van der Waals surface area contributed by atoms with Gasteiger partial charge in [0.05, 0.1) is 5.88 Å². The van der Waals surface area contributed by atoms with Gasteiger partial charge in [-0.15, -0.1) is 11.8 Å². The minimum Gasteiger partial charge on any atom is -0.480 e. The largest absolute Gasteiger partial charge is 0.480 e. The molecule has 8 nitrogen and oxygen atoms in total. The molecule has 9 heteroatoms. The molecular formula is C9H9N3O5S. The van der Waals surface area contributed by atoms with Crippen molar-refractivity contribution in [3.63, 3.8) is 0 Å². The second-order valence-electron chi connectivity index (χ2n) is 3.63. The zero-order valence-electron chi connectivity index (χ0n) is 9.00. The lowest BCUT2D eigenvalue weighted by Gasteiger charge is -2.19. The molecule has 96 valence electrons. The lowest BCUT2D eigenvalue weighted by Crippen LogP contribution is -2.43. The quantitative estimate of drug-likeness (QED) is 0.612. The highest BCUT2D eigenvalue weighted by molar-refractivity contribution is 7.99. The van der Waals surface area contributed by atoms with E-state index in [9.17, 15) is 19.2 Å². The van der Waals surface area contributed by atoms with Gasteiger partial charge in [0, 0.05) is 11.8 Å². The number of hydrogen-bond acceptors (Lipinski definition) is 5. The number of H-pyrrole nitrogens is 2. The normalized spacial score (nSPS) is 18.9. The average Bonchev–Trinajstić information content (AvgIpc) is 2.75. The lowest BCUT2D eigenvalue weighted by molar-refractivity contribution is -0.140. The molecule has 0 aliphatic carbocycles. The van der Waals surface area contributed by atoms with Gasteiger partial charge in [0.25, 0.3) is 11.5 Å². The summed E-state index contributed by atoms with van der Waals surface area (Å²) >= 11 is 1.30. The van der Waals surface area contributed by atoms with E-state index in [-0.39, 0.29) is 17.3 Å². The van der Waals surface area contributed by atoms with Gasteiger partial charge in [-0.2, -0.15) is 0 Å². The van der Waals surface area contributed by atoms with Crippen molar-refractivity contribution in [2.75, 3.05) is 11.6 Å². The van der Waals surface area contributed by atoms with Gasteiger partial charge in [0.1, 0.15) is 11.7 Å². The summed E-state index contributed by atoms with van der Waals surface area (Å²) in [6, 6.07) is -0.00341. The Bertz CT molecular complexity index is 578. The van der Waals surface area contributed by atoms with Crippen molar-refractivity contribution in [3.8, 4) is 0 Å². The van der Waals surface area contributed by atoms with Gasteiger partial charge in [0.2, 0.25) is 0 Å². The van der Waals surface area contributed by atoms with E-state index in [0.29, 0.717) is 0 Å². The second kappa shape index (κ2) is 4.69. The number of aliphatic carboxylic acids is 1. The summed E-state index contributed by atoms with van der Waals surface area (Å²) in [4.78, 5) is 50.3. The molecule has 1 aliphatic heterocycles. The van der Waals surface area contributed by atoms with Gasteiger partial charge in [0.15, 0.2) is 0 Å². The van der Waals surface area contributed by atoms with Crippen molar-refractivity contribution in [1.29, 1.82) is 0 Å². The Kier molecular flexibility index (Phi) is 3.24. The number of rotatable bonds is 2. The molecule has 2 rings (SSSR count). The molecule has 18 heavy (non-hydrogen) atoms. The second-order valence-corrected chi connectivity index (χ2v) is 4.63. The van der Waals surface area contributed by atoms with Crippen LogP contribution < -0.4 is 11.2 Å². The van der Waals surface area contributed by atoms with E-state index in [0.717, 1.165) is 11.0 Å². The highest BCUT2D eigenvalue weighted by Gasteiger charge is 2.35. The maximum atomic E-state index is 12.0. The Hall–Kier alpha value is -2.03. The first-order chi connectivity index (χ1) is 8.49. The number of carboxylic acids is 1. The highest BCUT2D eigenvalue weighted by atomic mass is 32.2. The smallest absolute Gasteiger partial charge is 0.327 e. The lowest BCUT2D eigenvalue weighted by atomic mass is 10.2. The molecular weight excluding hydrogens is 262 g/mol. The Balaban J connectivity index is 2.33. The van der Waals surface area contributed by atoms with E-state index < -0.39 is 29.2 Å². The van der Waals surface area contributed by atoms with Crippen molar-refractivity contribution in [1.82, 2.24) is 14.9 Å². The van der Waals surface area contributed by atoms with Gasteiger partial charge in [-0.05, 0) is 0 Å². The third-order valence-corrected chi connectivity index (χ3v) is 3.43. The monoisotopic (exact) mass is 271 g/mol. The topological polar surface area (TPSA) is 123 Å². The van der Waals surface area contributed by atoms with E-state index in [1.807, 2.05) is 4.98 Å². The van der Waals surface area contributed by atoms with E-state index in [1.54, 1.807) is 0 Å². The Morgan fingerprint density at radius 3 is 2.72 bits per heavy atom. The van der Waals surface area contributed by atoms with Gasteiger partial charge in [-0.3, -0.25) is 14.6 Å². The van der Waals surface area contributed by atoms with Crippen LogP contribution in [-0.2, 0) is 4.79 Å². The number of aromatic nitrogens is 2. The predicted octanol–water partition coefficient (Wildman–Crippen LogP) is -1.34. The van der Waals surface area contributed by atoms with Crippen LogP contribution in [0.5, 0.6) is 0 Å². The number of carboxylic acid groups (broad SMARTS) is 1. The fourth-order valence-corrected chi connectivity index (χ4v) is 2.73. The molecule has 2 heterocycles. The minimum absolute atomic E-state index is 0.211. The average molecular weight is 271 g/mol. The highest BCUT2D eigenvalue weighted by Crippen LogP contribution is 2.22. The van der Waals surface area contributed by atoms with Crippen molar-refractivity contribution in [2.24, 2.45) is 0 Å². The predicted molar refractivity (Wildman–Crippen MR) is 62.6 cm³/mol. The van der Waals surface area contributed by atoms with Crippen LogP contribution in [0.25, 0.3) is 0 Å². The third-order valence-electron chi connectivity index (χ3n) is 2.42. The van der Waals surface area contributed by atoms with E-state index in [2.05, 4.69) is 4.98 Å². The molecule has 0 saturated carbocycles.